The molecule has 1 amide bonds. The monoisotopic (exact) mass is 221 g/mol. The highest BCUT2D eigenvalue weighted by molar-refractivity contribution is 5.67. The fourth-order valence-electron chi connectivity index (χ4n) is 1.38. The van der Waals surface area contributed by atoms with Crippen LogP contribution >= 0.6 is 0 Å². The molecule has 0 aliphatic heterocycles. The minimum atomic E-state index is -0.330. The van der Waals surface area contributed by atoms with Crippen molar-refractivity contribution < 1.29 is 9.53 Å². The van der Waals surface area contributed by atoms with Crippen molar-refractivity contribution in [1.82, 2.24) is 5.32 Å². The lowest BCUT2D eigenvalue weighted by Crippen LogP contribution is -2.27. The Morgan fingerprint density at radius 2 is 2.00 bits per heavy atom. The number of benzene rings is 1. The molecule has 0 saturated heterocycles. The van der Waals surface area contributed by atoms with Crippen LogP contribution < -0.4 is 5.32 Å². The molecular formula is C13H19NO2. The maximum absolute atomic E-state index is 11.1. The maximum Gasteiger partial charge on any atom is 0.407 e. The summed E-state index contributed by atoms with van der Waals surface area (Å²) in [7, 11) is 0. The van der Waals surface area contributed by atoms with Gasteiger partial charge in [-0.2, -0.15) is 0 Å². The SMILES string of the molecule is CC(C)OC(=O)NCCCc1ccccc1. The smallest absolute Gasteiger partial charge is 0.407 e. The first kappa shape index (κ1) is 12.6. The lowest BCUT2D eigenvalue weighted by molar-refractivity contribution is 0.115. The molecule has 1 aromatic carbocycles. The number of rotatable bonds is 5. The van der Waals surface area contributed by atoms with Crippen molar-refractivity contribution in [2.45, 2.75) is 32.8 Å². The minimum absolute atomic E-state index is 0.0610. The summed E-state index contributed by atoms with van der Waals surface area (Å²) in [4.78, 5) is 11.1. The van der Waals surface area contributed by atoms with Gasteiger partial charge in [0.1, 0.15) is 0 Å². The highest BCUT2D eigenvalue weighted by Gasteiger charge is 2.02. The van der Waals surface area contributed by atoms with E-state index in [1.165, 1.54) is 5.56 Å². The molecule has 0 heterocycles. The van der Waals surface area contributed by atoms with E-state index in [1.807, 2.05) is 32.0 Å². The molecule has 1 aromatic rings. The second-order valence-electron chi connectivity index (χ2n) is 3.97. The highest BCUT2D eigenvalue weighted by atomic mass is 16.6. The van der Waals surface area contributed by atoms with Crippen LogP contribution in [0, 0.1) is 0 Å². The van der Waals surface area contributed by atoms with Gasteiger partial charge < -0.3 is 10.1 Å². The molecule has 1 N–H and O–H groups in total. The molecule has 16 heavy (non-hydrogen) atoms. The van der Waals surface area contributed by atoms with E-state index in [-0.39, 0.29) is 12.2 Å². The van der Waals surface area contributed by atoms with Crippen molar-refractivity contribution >= 4 is 6.09 Å². The topological polar surface area (TPSA) is 38.3 Å². The first-order valence-electron chi connectivity index (χ1n) is 5.67. The van der Waals surface area contributed by atoms with Crippen molar-refractivity contribution in [3.8, 4) is 0 Å². The second kappa shape index (κ2) is 6.88. The zero-order chi connectivity index (χ0) is 11.8. The fraction of sp³-hybridized carbons (Fsp3) is 0.462. The van der Waals surface area contributed by atoms with Crippen LogP contribution in [0.1, 0.15) is 25.8 Å². The lowest BCUT2D eigenvalue weighted by Gasteiger charge is -2.09. The number of nitrogens with one attached hydrogen (secondary N) is 1. The van der Waals surface area contributed by atoms with E-state index in [4.69, 9.17) is 4.74 Å². The van der Waals surface area contributed by atoms with Crippen molar-refractivity contribution in [1.29, 1.82) is 0 Å². The average molecular weight is 221 g/mol. The molecule has 0 unspecified atom stereocenters. The molecule has 0 saturated carbocycles. The second-order valence-corrected chi connectivity index (χ2v) is 3.97. The van der Waals surface area contributed by atoms with Gasteiger partial charge in [0, 0.05) is 6.54 Å². The van der Waals surface area contributed by atoms with Crippen molar-refractivity contribution in [2.24, 2.45) is 0 Å². The van der Waals surface area contributed by atoms with Crippen LogP contribution in [0.25, 0.3) is 0 Å². The molecular weight excluding hydrogens is 202 g/mol. The Balaban J connectivity index is 2.10. The van der Waals surface area contributed by atoms with Gasteiger partial charge in [-0.15, -0.1) is 0 Å². The number of amides is 1. The molecule has 0 bridgehead atoms. The Morgan fingerprint density at radius 1 is 1.31 bits per heavy atom. The van der Waals surface area contributed by atoms with Crippen molar-refractivity contribution in [3.63, 3.8) is 0 Å². The van der Waals surface area contributed by atoms with Gasteiger partial charge in [-0.3, -0.25) is 0 Å². The molecule has 0 fully saturated rings. The molecule has 0 atom stereocenters. The van der Waals surface area contributed by atoms with Gasteiger partial charge in [0.25, 0.3) is 0 Å². The van der Waals surface area contributed by atoms with Crippen molar-refractivity contribution in [2.75, 3.05) is 6.54 Å². The van der Waals surface area contributed by atoms with Crippen LogP contribution in [0.5, 0.6) is 0 Å². The minimum Gasteiger partial charge on any atom is -0.447 e. The Bertz CT molecular complexity index is 309. The molecule has 0 radical (unpaired) electrons. The molecule has 0 aliphatic rings. The van der Waals surface area contributed by atoms with Gasteiger partial charge in [0.2, 0.25) is 0 Å². The Morgan fingerprint density at radius 3 is 2.62 bits per heavy atom. The molecule has 3 heteroatoms. The molecule has 3 nitrogen and oxygen atoms in total. The van der Waals surface area contributed by atoms with E-state index in [0.29, 0.717) is 6.54 Å². The lowest BCUT2D eigenvalue weighted by atomic mass is 10.1. The van der Waals surface area contributed by atoms with Crippen molar-refractivity contribution in [3.05, 3.63) is 35.9 Å². The standard InChI is InChI=1S/C13H19NO2/c1-11(2)16-13(15)14-10-6-9-12-7-4-3-5-8-12/h3-5,7-8,11H,6,9-10H2,1-2H3,(H,14,15). The Kier molecular flexibility index (Phi) is 5.40. The number of hydrogen-bond acceptors (Lipinski definition) is 2. The summed E-state index contributed by atoms with van der Waals surface area (Å²) in [6.45, 7) is 4.33. The maximum atomic E-state index is 11.1. The number of hydrogen-bond donors (Lipinski definition) is 1. The van der Waals surface area contributed by atoms with Gasteiger partial charge in [-0.1, -0.05) is 30.3 Å². The van der Waals surface area contributed by atoms with Crippen LogP contribution in [0.2, 0.25) is 0 Å². The normalized spacial score (nSPS) is 10.2. The zero-order valence-corrected chi connectivity index (χ0v) is 9.90. The van der Waals surface area contributed by atoms with E-state index in [1.54, 1.807) is 0 Å². The predicted octanol–water partition coefficient (Wildman–Crippen LogP) is 2.75. The van der Waals surface area contributed by atoms with E-state index >= 15 is 0 Å². The summed E-state index contributed by atoms with van der Waals surface area (Å²) in [5.74, 6) is 0. The largest absolute Gasteiger partial charge is 0.447 e. The molecule has 0 aromatic heterocycles. The molecule has 0 spiro atoms. The number of aryl methyl sites for hydroxylation is 1. The Hall–Kier alpha value is -1.51. The van der Waals surface area contributed by atoms with Gasteiger partial charge >= 0.3 is 6.09 Å². The summed E-state index contributed by atoms with van der Waals surface area (Å²) >= 11 is 0. The zero-order valence-electron chi connectivity index (χ0n) is 9.90. The summed E-state index contributed by atoms with van der Waals surface area (Å²) in [6.07, 6.45) is 1.51. The first-order valence-corrected chi connectivity index (χ1v) is 5.67. The van der Waals surface area contributed by atoms with Crippen LogP contribution in [-0.2, 0) is 11.2 Å². The summed E-state index contributed by atoms with van der Waals surface area (Å²) in [5.41, 5.74) is 1.29. The number of carbonyl (C=O) groups is 1. The fourth-order valence-corrected chi connectivity index (χ4v) is 1.38. The van der Waals surface area contributed by atoms with Gasteiger partial charge in [-0.05, 0) is 32.3 Å². The van der Waals surface area contributed by atoms with Gasteiger partial charge in [0.05, 0.1) is 6.10 Å². The average Bonchev–Trinajstić information content (AvgIpc) is 2.25. The quantitative estimate of drug-likeness (QED) is 0.776. The summed E-state index contributed by atoms with van der Waals surface area (Å²) in [6, 6.07) is 10.2. The molecule has 0 aliphatic carbocycles. The van der Waals surface area contributed by atoms with Crippen LogP contribution in [0.3, 0.4) is 0 Å². The highest BCUT2D eigenvalue weighted by Crippen LogP contribution is 2.01. The van der Waals surface area contributed by atoms with E-state index in [9.17, 15) is 4.79 Å². The number of carbonyl (C=O) groups excluding carboxylic acids is 1. The van der Waals surface area contributed by atoms with Crippen LogP contribution in [0.15, 0.2) is 30.3 Å². The summed E-state index contributed by atoms with van der Waals surface area (Å²) in [5, 5.41) is 2.72. The predicted molar refractivity (Wildman–Crippen MR) is 64.4 cm³/mol. The van der Waals surface area contributed by atoms with Crippen LogP contribution in [0.4, 0.5) is 4.79 Å². The Labute approximate surface area is 96.8 Å². The first-order chi connectivity index (χ1) is 7.68. The summed E-state index contributed by atoms with van der Waals surface area (Å²) < 4.78 is 4.95. The van der Waals surface area contributed by atoms with Gasteiger partial charge in [0.15, 0.2) is 0 Å². The number of ether oxygens (including phenoxy) is 1. The third-order valence-electron chi connectivity index (χ3n) is 2.10. The third kappa shape index (κ3) is 5.39. The van der Waals surface area contributed by atoms with Gasteiger partial charge in [-0.25, -0.2) is 4.79 Å². The molecule has 1 rings (SSSR count). The van der Waals surface area contributed by atoms with E-state index in [0.717, 1.165) is 12.8 Å². The molecule has 88 valence electrons. The third-order valence-corrected chi connectivity index (χ3v) is 2.10. The number of alkyl carbamates (subject to hydrolysis) is 1. The van der Waals surface area contributed by atoms with E-state index in [2.05, 4.69) is 17.4 Å². The van der Waals surface area contributed by atoms with E-state index < -0.39 is 0 Å². The van der Waals surface area contributed by atoms with Crippen LogP contribution in [-0.4, -0.2) is 18.7 Å².